The van der Waals surface area contributed by atoms with Crippen molar-refractivity contribution in [3.8, 4) is 0 Å². The molecule has 1 fully saturated rings. The Bertz CT molecular complexity index is 403. The first-order valence-corrected chi connectivity index (χ1v) is 10.0. The molecule has 0 spiro atoms. The SMILES string of the molecule is CCCCCN(CCNC(=O)C1CCCCC1)S(C)(=O)=O. The van der Waals surface area contributed by atoms with E-state index in [4.69, 9.17) is 0 Å². The van der Waals surface area contributed by atoms with Crippen molar-refractivity contribution in [1.82, 2.24) is 9.62 Å². The van der Waals surface area contributed by atoms with Crippen molar-refractivity contribution in [2.75, 3.05) is 25.9 Å². The molecule has 0 aromatic heterocycles. The van der Waals surface area contributed by atoms with Gasteiger partial charge >= 0.3 is 0 Å². The van der Waals surface area contributed by atoms with E-state index in [-0.39, 0.29) is 11.8 Å². The van der Waals surface area contributed by atoms with Crippen LogP contribution in [0.3, 0.4) is 0 Å². The van der Waals surface area contributed by atoms with E-state index in [0.717, 1.165) is 44.9 Å². The normalized spacial score (nSPS) is 17.1. The zero-order valence-corrected chi connectivity index (χ0v) is 14.3. The molecule has 5 nitrogen and oxygen atoms in total. The minimum Gasteiger partial charge on any atom is -0.355 e. The van der Waals surface area contributed by atoms with Crippen LogP contribution in [0, 0.1) is 5.92 Å². The van der Waals surface area contributed by atoms with Gasteiger partial charge in [0.1, 0.15) is 0 Å². The van der Waals surface area contributed by atoms with E-state index >= 15 is 0 Å². The van der Waals surface area contributed by atoms with Crippen LogP contribution in [0.1, 0.15) is 58.3 Å². The Morgan fingerprint density at radius 2 is 1.81 bits per heavy atom. The molecule has 1 aliphatic rings. The van der Waals surface area contributed by atoms with Gasteiger partial charge in [-0.15, -0.1) is 0 Å². The van der Waals surface area contributed by atoms with Crippen molar-refractivity contribution in [2.45, 2.75) is 58.3 Å². The lowest BCUT2D eigenvalue weighted by Crippen LogP contribution is -2.40. The Morgan fingerprint density at radius 1 is 1.14 bits per heavy atom. The van der Waals surface area contributed by atoms with E-state index in [1.165, 1.54) is 17.0 Å². The van der Waals surface area contributed by atoms with E-state index < -0.39 is 10.0 Å². The summed E-state index contributed by atoms with van der Waals surface area (Å²) in [6.45, 7) is 3.43. The summed E-state index contributed by atoms with van der Waals surface area (Å²) >= 11 is 0. The van der Waals surface area contributed by atoms with Gasteiger partial charge in [-0.05, 0) is 19.3 Å². The lowest BCUT2D eigenvalue weighted by atomic mass is 9.89. The molecule has 0 aliphatic heterocycles. The quantitative estimate of drug-likeness (QED) is 0.662. The second kappa shape index (κ2) is 9.41. The average Bonchev–Trinajstić information content (AvgIpc) is 2.45. The largest absolute Gasteiger partial charge is 0.355 e. The van der Waals surface area contributed by atoms with Gasteiger partial charge in [0.05, 0.1) is 6.26 Å². The smallest absolute Gasteiger partial charge is 0.223 e. The lowest BCUT2D eigenvalue weighted by Gasteiger charge is -2.23. The number of nitrogens with zero attached hydrogens (tertiary/aromatic N) is 1. The molecule has 0 saturated heterocycles. The van der Waals surface area contributed by atoms with E-state index in [1.54, 1.807) is 0 Å². The summed E-state index contributed by atoms with van der Waals surface area (Å²) < 4.78 is 24.9. The monoisotopic (exact) mass is 318 g/mol. The van der Waals surface area contributed by atoms with Gasteiger partial charge in [-0.25, -0.2) is 12.7 Å². The third-order valence-electron chi connectivity index (χ3n) is 4.12. The van der Waals surface area contributed by atoms with Gasteiger partial charge < -0.3 is 5.32 Å². The second-order valence-electron chi connectivity index (χ2n) is 6.00. The van der Waals surface area contributed by atoms with Crippen LogP contribution < -0.4 is 5.32 Å². The Labute approximate surface area is 129 Å². The maximum absolute atomic E-state index is 12.0. The molecule has 0 bridgehead atoms. The van der Waals surface area contributed by atoms with E-state index in [2.05, 4.69) is 12.2 Å². The van der Waals surface area contributed by atoms with Crippen molar-refractivity contribution >= 4 is 15.9 Å². The fraction of sp³-hybridized carbons (Fsp3) is 0.933. The topological polar surface area (TPSA) is 66.5 Å². The fourth-order valence-corrected chi connectivity index (χ4v) is 3.68. The molecule has 1 amide bonds. The summed E-state index contributed by atoms with van der Waals surface area (Å²) in [7, 11) is -3.19. The molecule has 0 unspecified atom stereocenters. The van der Waals surface area contributed by atoms with Crippen LogP contribution in [0.25, 0.3) is 0 Å². The first-order chi connectivity index (χ1) is 9.95. The average molecular weight is 318 g/mol. The van der Waals surface area contributed by atoms with Gasteiger partial charge in [-0.2, -0.15) is 0 Å². The Kier molecular flexibility index (Phi) is 8.26. The summed E-state index contributed by atoms with van der Waals surface area (Å²) in [5.41, 5.74) is 0. The minimum absolute atomic E-state index is 0.0942. The van der Waals surface area contributed by atoms with Crippen LogP contribution in [0.5, 0.6) is 0 Å². The molecular weight excluding hydrogens is 288 g/mol. The Morgan fingerprint density at radius 3 is 2.38 bits per heavy atom. The highest BCUT2D eigenvalue weighted by Crippen LogP contribution is 2.23. The second-order valence-corrected chi connectivity index (χ2v) is 7.98. The Hall–Kier alpha value is -0.620. The molecule has 0 aromatic carbocycles. The van der Waals surface area contributed by atoms with Crippen LogP contribution >= 0.6 is 0 Å². The van der Waals surface area contributed by atoms with Crippen LogP contribution in [-0.4, -0.2) is 44.5 Å². The van der Waals surface area contributed by atoms with E-state index in [1.807, 2.05) is 0 Å². The van der Waals surface area contributed by atoms with Crippen LogP contribution in [-0.2, 0) is 14.8 Å². The molecule has 0 heterocycles. The van der Waals surface area contributed by atoms with Crippen molar-refractivity contribution in [3.63, 3.8) is 0 Å². The van der Waals surface area contributed by atoms with Crippen LogP contribution in [0.4, 0.5) is 0 Å². The van der Waals surface area contributed by atoms with Crippen molar-refractivity contribution in [3.05, 3.63) is 0 Å². The standard InChI is InChI=1S/C15H30N2O3S/c1-3-4-8-12-17(21(2,19)20)13-11-16-15(18)14-9-6-5-7-10-14/h14H,3-13H2,1-2H3,(H,16,18). The minimum atomic E-state index is -3.19. The van der Waals surface area contributed by atoms with E-state index in [9.17, 15) is 13.2 Å². The molecule has 1 saturated carbocycles. The fourth-order valence-electron chi connectivity index (χ4n) is 2.79. The van der Waals surface area contributed by atoms with Crippen molar-refractivity contribution in [1.29, 1.82) is 0 Å². The summed E-state index contributed by atoms with van der Waals surface area (Å²) in [4.78, 5) is 12.0. The third-order valence-corrected chi connectivity index (χ3v) is 5.42. The summed E-state index contributed by atoms with van der Waals surface area (Å²) in [6.07, 6.45) is 9.63. The number of rotatable bonds is 9. The summed E-state index contributed by atoms with van der Waals surface area (Å²) in [6, 6.07) is 0. The number of unbranched alkanes of at least 4 members (excludes halogenated alkanes) is 2. The molecule has 6 heteroatoms. The molecule has 1 N–H and O–H groups in total. The van der Waals surface area contributed by atoms with Gasteiger partial charge in [0.15, 0.2) is 0 Å². The van der Waals surface area contributed by atoms with Gasteiger partial charge in [0.25, 0.3) is 0 Å². The lowest BCUT2D eigenvalue weighted by molar-refractivity contribution is -0.125. The van der Waals surface area contributed by atoms with Gasteiger partial charge in [0, 0.05) is 25.6 Å². The van der Waals surface area contributed by atoms with Crippen LogP contribution in [0.15, 0.2) is 0 Å². The predicted molar refractivity (Wildman–Crippen MR) is 85.5 cm³/mol. The molecule has 21 heavy (non-hydrogen) atoms. The van der Waals surface area contributed by atoms with Crippen molar-refractivity contribution in [2.24, 2.45) is 5.92 Å². The molecular formula is C15H30N2O3S. The third kappa shape index (κ3) is 7.27. The predicted octanol–water partition coefficient (Wildman–Crippen LogP) is 2.13. The summed E-state index contributed by atoms with van der Waals surface area (Å²) in [5, 5.41) is 2.90. The highest BCUT2D eigenvalue weighted by Gasteiger charge is 2.21. The highest BCUT2D eigenvalue weighted by molar-refractivity contribution is 7.88. The zero-order valence-electron chi connectivity index (χ0n) is 13.4. The van der Waals surface area contributed by atoms with Gasteiger partial charge in [-0.1, -0.05) is 39.0 Å². The number of nitrogens with one attached hydrogen (secondary N) is 1. The number of hydrogen-bond donors (Lipinski definition) is 1. The molecule has 1 rings (SSSR count). The van der Waals surface area contributed by atoms with Gasteiger partial charge in [0.2, 0.25) is 15.9 Å². The van der Waals surface area contributed by atoms with Crippen LogP contribution in [0.2, 0.25) is 0 Å². The Balaban J connectivity index is 2.33. The highest BCUT2D eigenvalue weighted by atomic mass is 32.2. The molecule has 0 aromatic rings. The number of hydrogen-bond acceptors (Lipinski definition) is 3. The first-order valence-electron chi connectivity index (χ1n) is 8.18. The zero-order chi connectivity index (χ0) is 15.7. The number of carbonyl (C=O) groups excluding carboxylic acids is 1. The first kappa shape index (κ1) is 18.4. The molecule has 1 aliphatic carbocycles. The molecule has 0 radical (unpaired) electrons. The maximum Gasteiger partial charge on any atom is 0.223 e. The van der Waals surface area contributed by atoms with Crippen molar-refractivity contribution < 1.29 is 13.2 Å². The summed E-state index contributed by atoms with van der Waals surface area (Å²) in [5.74, 6) is 0.224. The maximum atomic E-state index is 12.0. The van der Waals surface area contributed by atoms with E-state index in [0.29, 0.717) is 19.6 Å². The van der Waals surface area contributed by atoms with Gasteiger partial charge in [-0.3, -0.25) is 4.79 Å². The number of amides is 1. The number of carbonyl (C=O) groups is 1. The number of sulfonamides is 1. The molecule has 0 atom stereocenters. The molecule has 124 valence electrons.